The van der Waals surface area contributed by atoms with Crippen molar-refractivity contribution in [3.05, 3.63) is 41.3 Å². The summed E-state index contributed by atoms with van der Waals surface area (Å²) in [6, 6.07) is 4.53. The summed E-state index contributed by atoms with van der Waals surface area (Å²) in [6.07, 6.45) is -4.34. The number of nitrogens with one attached hydrogen (secondary N) is 1. The molecule has 0 aliphatic heterocycles. The standard InChI is InChI=1S/C16H15F3N2O5/c1-3-12-14(9(2)26-21-12)15(23)24-8-13(22)20-10-4-6-11(7-5-10)25-16(17,18)19/h4-7H,3,8H2,1-2H3,(H,20,22). The van der Waals surface area contributed by atoms with E-state index in [2.05, 4.69) is 15.2 Å². The quantitative estimate of drug-likeness (QED) is 0.783. The number of ether oxygens (including phenoxy) is 2. The van der Waals surface area contributed by atoms with Crippen molar-refractivity contribution in [3.8, 4) is 5.75 Å². The zero-order chi connectivity index (χ0) is 19.3. The summed E-state index contributed by atoms with van der Waals surface area (Å²) >= 11 is 0. The minimum atomic E-state index is -4.80. The van der Waals surface area contributed by atoms with Gasteiger partial charge in [-0.25, -0.2) is 4.79 Å². The van der Waals surface area contributed by atoms with Crippen LogP contribution in [0.25, 0.3) is 0 Å². The van der Waals surface area contributed by atoms with Crippen LogP contribution in [0.1, 0.15) is 28.7 Å². The summed E-state index contributed by atoms with van der Waals surface area (Å²) in [5, 5.41) is 6.10. The lowest BCUT2D eigenvalue weighted by molar-refractivity contribution is -0.274. The van der Waals surface area contributed by atoms with Gasteiger partial charge in [0.25, 0.3) is 5.91 Å². The molecule has 0 spiro atoms. The average molecular weight is 372 g/mol. The van der Waals surface area contributed by atoms with Crippen molar-refractivity contribution in [1.29, 1.82) is 0 Å². The number of rotatable bonds is 6. The van der Waals surface area contributed by atoms with Crippen LogP contribution in [-0.2, 0) is 16.0 Å². The molecule has 0 aliphatic rings. The molecular formula is C16H15F3N2O5. The highest BCUT2D eigenvalue weighted by Crippen LogP contribution is 2.24. The number of anilines is 1. The SMILES string of the molecule is CCc1noc(C)c1C(=O)OCC(=O)Nc1ccc(OC(F)(F)F)cc1. The van der Waals surface area contributed by atoms with Gasteiger partial charge in [0.1, 0.15) is 17.1 Å². The number of aromatic nitrogens is 1. The summed E-state index contributed by atoms with van der Waals surface area (Å²) in [4.78, 5) is 23.8. The molecule has 0 atom stereocenters. The second-order valence-corrected chi connectivity index (χ2v) is 5.11. The number of carbonyl (C=O) groups excluding carboxylic acids is 2. The minimum absolute atomic E-state index is 0.175. The maximum Gasteiger partial charge on any atom is 0.573 e. The number of halogens is 3. The van der Waals surface area contributed by atoms with Gasteiger partial charge in [0, 0.05) is 5.69 Å². The topological polar surface area (TPSA) is 90.7 Å². The highest BCUT2D eigenvalue weighted by molar-refractivity contribution is 5.96. The maximum absolute atomic E-state index is 12.1. The van der Waals surface area contributed by atoms with E-state index in [1.54, 1.807) is 13.8 Å². The van der Waals surface area contributed by atoms with Gasteiger partial charge in [-0.1, -0.05) is 12.1 Å². The molecule has 2 aromatic rings. The van der Waals surface area contributed by atoms with Gasteiger partial charge in [-0.3, -0.25) is 4.79 Å². The van der Waals surface area contributed by atoms with Gasteiger partial charge in [0.2, 0.25) is 0 Å². The normalized spacial score (nSPS) is 11.1. The van der Waals surface area contributed by atoms with Crippen LogP contribution in [0, 0.1) is 6.92 Å². The fraction of sp³-hybridized carbons (Fsp3) is 0.312. The molecule has 1 N–H and O–H groups in total. The minimum Gasteiger partial charge on any atom is -0.452 e. The average Bonchev–Trinajstić information content (AvgIpc) is 2.94. The summed E-state index contributed by atoms with van der Waals surface area (Å²) in [6.45, 7) is 2.76. The van der Waals surface area contributed by atoms with Gasteiger partial charge in [0.15, 0.2) is 6.61 Å². The molecule has 0 saturated carbocycles. The van der Waals surface area contributed by atoms with Gasteiger partial charge < -0.3 is 19.3 Å². The summed E-state index contributed by atoms with van der Waals surface area (Å²) in [7, 11) is 0. The number of hydrogen-bond acceptors (Lipinski definition) is 6. The molecule has 1 aromatic carbocycles. The number of esters is 1. The molecule has 26 heavy (non-hydrogen) atoms. The van der Waals surface area contributed by atoms with Crippen molar-refractivity contribution in [3.63, 3.8) is 0 Å². The Hall–Kier alpha value is -3.04. The Kier molecular flexibility index (Phi) is 5.86. The van der Waals surface area contributed by atoms with Crippen LogP contribution in [0.5, 0.6) is 5.75 Å². The van der Waals surface area contributed by atoms with Crippen molar-refractivity contribution >= 4 is 17.6 Å². The van der Waals surface area contributed by atoms with Crippen molar-refractivity contribution in [2.45, 2.75) is 26.6 Å². The molecule has 2 rings (SSSR count). The van der Waals surface area contributed by atoms with E-state index in [-0.39, 0.29) is 17.0 Å². The van der Waals surface area contributed by atoms with Gasteiger partial charge in [0.05, 0.1) is 5.69 Å². The van der Waals surface area contributed by atoms with E-state index in [9.17, 15) is 22.8 Å². The van der Waals surface area contributed by atoms with E-state index < -0.39 is 30.6 Å². The van der Waals surface area contributed by atoms with Crippen LogP contribution in [0.15, 0.2) is 28.8 Å². The van der Waals surface area contributed by atoms with E-state index in [0.29, 0.717) is 12.1 Å². The first kappa shape index (κ1) is 19.3. The Labute approximate surface area is 146 Å². The van der Waals surface area contributed by atoms with Gasteiger partial charge in [-0.2, -0.15) is 0 Å². The lowest BCUT2D eigenvalue weighted by Crippen LogP contribution is -2.21. The second kappa shape index (κ2) is 7.89. The summed E-state index contributed by atoms with van der Waals surface area (Å²) < 4.78 is 49.8. The van der Waals surface area contributed by atoms with E-state index in [0.717, 1.165) is 12.1 Å². The number of nitrogens with zero attached hydrogens (tertiary/aromatic N) is 1. The number of carbonyl (C=O) groups is 2. The molecule has 0 bridgehead atoms. The molecule has 0 unspecified atom stereocenters. The first-order valence-electron chi connectivity index (χ1n) is 7.47. The smallest absolute Gasteiger partial charge is 0.452 e. The zero-order valence-electron chi connectivity index (χ0n) is 13.8. The third-order valence-electron chi connectivity index (χ3n) is 3.18. The van der Waals surface area contributed by atoms with Crippen molar-refractivity contribution in [1.82, 2.24) is 5.16 Å². The van der Waals surface area contributed by atoms with E-state index in [4.69, 9.17) is 9.26 Å². The van der Waals surface area contributed by atoms with Crippen molar-refractivity contribution in [2.75, 3.05) is 11.9 Å². The zero-order valence-corrected chi connectivity index (χ0v) is 13.8. The van der Waals surface area contributed by atoms with Crippen molar-refractivity contribution < 1.29 is 36.8 Å². The molecule has 0 aliphatic carbocycles. The first-order chi connectivity index (χ1) is 12.2. The number of alkyl halides is 3. The Balaban J connectivity index is 1.89. The van der Waals surface area contributed by atoms with Crippen LogP contribution >= 0.6 is 0 Å². The summed E-state index contributed by atoms with van der Waals surface area (Å²) in [5.74, 6) is -1.54. The van der Waals surface area contributed by atoms with Crippen LogP contribution in [0.4, 0.5) is 18.9 Å². The van der Waals surface area contributed by atoms with Crippen LogP contribution in [-0.4, -0.2) is 30.0 Å². The Morgan fingerprint density at radius 2 is 1.88 bits per heavy atom. The van der Waals surface area contributed by atoms with Gasteiger partial charge >= 0.3 is 12.3 Å². The first-order valence-corrected chi connectivity index (χ1v) is 7.47. The highest BCUT2D eigenvalue weighted by Gasteiger charge is 2.31. The molecule has 1 aromatic heterocycles. The number of benzene rings is 1. The molecule has 1 amide bonds. The Morgan fingerprint density at radius 1 is 1.23 bits per heavy atom. The Morgan fingerprint density at radius 3 is 2.46 bits per heavy atom. The molecule has 0 radical (unpaired) electrons. The fourth-order valence-corrected chi connectivity index (χ4v) is 2.06. The monoisotopic (exact) mass is 372 g/mol. The molecule has 10 heteroatoms. The third-order valence-corrected chi connectivity index (χ3v) is 3.18. The predicted octanol–water partition coefficient (Wildman–Crippen LogP) is 3.24. The highest BCUT2D eigenvalue weighted by atomic mass is 19.4. The van der Waals surface area contributed by atoms with Crippen molar-refractivity contribution in [2.24, 2.45) is 0 Å². The lowest BCUT2D eigenvalue weighted by atomic mass is 10.1. The lowest BCUT2D eigenvalue weighted by Gasteiger charge is -2.10. The van der Waals surface area contributed by atoms with E-state index in [1.165, 1.54) is 12.1 Å². The molecule has 1 heterocycles. The largest absolute Gasteiger partial charge is 0.573 e. The number of hydrogen-bond donors (Lipinski definition) is 1. The molecule has 7 nitrogen and oxygen atoms in total. The van der Waals surface area contributed by atoms with Gasteiger partial charge in [-0.05, 0) is 37.6 Å². The van der Waals surface area contributed by atoms with Crippen LogP contribution in [0.3, 0.4) is 0 Å². The molecular weight excluding hydrogens is 357 g/mol. The molecule has 140 valence electrons. The maximum atomic E-state index is 12.1. The summed E-state index contributed by atoms with van der Waals surface area (Å²) in [5.41, 5.74) is 0.818. The third kappa shape index (κ3) is 5.23. The van der Waals surface area contributed by atoms with E-state index >= 15 is 0 Å². The van der Waals surface area contributed by atoms with Crippen LogP contribution < -0.4 is 10.1 Å². The second-order valence-electron chi connectivity index (χ2n) is 5.11. The number of aryl methyl sites for hydroxylation is 2. The molecule has 0 fully saturated rings. The van der Waals surface area contributed by atoms with Gasteiger partial charge in [-0.15, -0.1) is 13.2 Å². The number of amides is 1. The fourth-order valence-electron chi connectivity index (χ4n) is 2.06. The predicted molar refractivity (Wildman–Crippen MR) is 82.7 cm³/mol. The molecule has 0 saturated heterocycles. The Bertz CT molecular complexity index is 784. The van der Waals surface area contributed by atoms with Crippen LogP contribution in [0.2, 0.25) is 0 Å². The van der Waals surface area contributed by atoms with E-state index in [1.807, 2.05) is 0 Å².